The van der Waals surface area contributed by atoms with Crippen LogP contribution in [0.2, 0.25) is 0 Å². The molecule has 0 saturated carbocycles. The van der Waals surface area contributed by atoms with E-state index in [0.717, 1.165) is 5.56 Å². The molecule has 2 heterocycles. The summed E-state index contributed by atoms with van der Waals surface area (Å²) in [5, 5.41) is 19.0. The number of guanidine groups is 1. The van der Waals surface area contributed by atoms with Gasteiger partial charge in [0.2, 0.25) is 5.95 Å². The summed E-state index contributed by atoms with van der Waals surface area (Å²) in [6.45, 7) is 2.99. The second-order valence-electron chi connectivity index (χ2n) is 7.88. The summed E-state index contributed by atoms with van der Waals surface area (Å²) < 4.78 is 19.6. The van der Waals surface area contributed by atoms with Crippen LogP contribution >= 0.6 is 0 Å². The molecule has 9 nitrogen and oxygen atoms in total. The zero-order valence-electron chi connectivity index (χ0n) is 17.4. The van der Waals surface area contributed by atoms with Gasteiger partial charge in [-0.15, -0.1) is 0 Å². The van der Waals surface area contributed by atoms with E-state index in [-0.39, 0.29) is 12.2 Å². The highest BCUT2D eigenvalue weighted by molar-refractivity contribution is 5.90. The number of nitrogens with zero attached hydrogens (tertiary/aromatic N) is 3. The number of nitrogens with one attached hydrogen (secondary N) is 2. The van der Waals surface area contributed by atoms with Crippen molar-refractivity contribution in [3.05, 3.63) is 53.1 Å². The standard InChI is InChI=1S/C21H27FN6O3/c1-21(30)7-9-28(10-8-21)19-25-11-14(12-26-19)5-6-15-3-2-4-16(17(15)22)13-31-20(29)27-18(23)24/h2-4,11-12,30H,5-10,13H2,1H3,(H4,23,24,27,29). The van der Waals surface area contributed by atoms with Crippen molar-refractivity contribution in [2.75, 3.05) is 18.0 Å². The first-order valence-corrected chi connectivity index (χ1v) is 10.1. The molecular formula is C21H27FN6O3. The number of aliphatic hydroxyl groups is 1. The lowest BCUT2D eigenvalue weighted by atomic mass is 9.94. The second-order valence-corrected chi connectivity index (χ2v) is 7.88. The van der Waals surface area contributed by atoms with E-state index in [1.165, 1.54) is 6.07 Å². The van der Waals surface area contributed by atoms with Crippen molar-refractivity contribution < 1.29 is 19.0 Å². The summed E-state index contributed by atoms with van der Waals surface area (Å²) in [5.41, 5.74) is 6.04. The summed E-state index contributed by atoms with van der Waals surface area (Å²) >= 11 is 0. The van der Waals surface area contributed by atoms with Crippen molar-refractivity contribution in [2.45, 2.75) is 44.8 Å². The highest BCUT2D eigenvalue weighted by Gasteiger charge is 2.28. The van der Waals surface area contributed by atoms with Gasteiger partial charge in [-0.05, 0) is 43.7 Å². The van der Waals surface area contributed by atoms with E-state index >= 15 is 0 Å². The number of halogens is 1. The highest BCUT2D eigenvalue weighted by Crippen LogP contribution is 2.23. The van der Waals surface area contributed by atoms with Crippen LogP contribution in [0.3, 0.4) is 0 Å². The third-order valence-electron chi connectivity index (χ3n) is 5.25. The predicted molar refractivity (Wildman–Crippen MR) is 113 cm³/mol. The van der Waals surface area contributed by atoms with E-state index in [4.69, 9.17) is 15.9 Å². The Hall–Kier alpha value is -3.27. The van der Waals surface area contributed by atoms with Crippen LogP contribution in [0.15, 0.2) is 30.6 Å². The molecule has 0 aliphatic carbocycles. The SMILES string of the molecule is CC1(O)CCN(c2ncc(CCc3cccc(COC(=O)NC(=N)N)c3F)cn2)CC1. The summed E-state index contributed by atoms with van der Waals surface area (Å²) in [6, 6.07) is 4.92. The number of aromatic nitrogens is 2. The first-order valence-electron chi connectivity index (χ1n) is 10.1. The van der Waals surface area contributed by atoms with Crippen molar-refractivity contribution >= 4 is 18.0 Å². The molecule has 1 aromatic heterocycles. The maximum absolute atomic E-state index is 14.7. The number of nitrogens with two attached hydrogens (primary N) is 1. The van der Waals surface area contributed by atoms with Gasteiger partial charge < -0.3 is 20.5 Å². The first kappa shape index (κ1) is 22.4. The quantitative estimate of drug-likeness (QED) is 0.405. The lowest BCUT2D eigenvalue weighted by Crippen LogP contribution is -2.43. The molecule has 5 N–H and O–H groups in total. The van der Waals surface area contributed by atoms with Crippen LogP contribution in [-0.2, 0) is 24.2 Å². The van der Waals surface area contributed by atoms with Crippen LogP contribution in [0.1, 0.15) is 36.5 Å². The van der Waals surface area contributed by atoms with Gasteiger partial charge in [-0.2, -0.15) is 0 Å². The minimum Gasteiger partial charge on any atom is -0.444 e. The molecule has 0 spiro atoms. The molecule has 2 aromatic rings. The molecule has 166 valence electrons. The molecule has 10 heteroatoms. The Morgan fingerprint density at radius 2 is 1.94 bits per heavy atom. The molecule has 3 rings (SSSR count). The Labute approximate surface area is 180 Å². The lowest BCUT2D eigenvalue weighted by molar-refractivity contribution is 0.0348. The maximum atomic E-state index is 14.7. The van der Waals surface area contributed by atoms with Crippen molar-refractivity contribution in [3.8, 4) is 0 Å². The molecule has 1 saturated heterocycles. The van der Waals surface area contributed by atoms with E-state index in [2.05, 4.69) is 9.97 Å². The molecular weight excluding hydrogens is 403 g/mol. The molecule has 1 aliphatic heterocycles. The fraction of sp³-hybridized carbons (Fsp3) is 0.429. The number of alkyl carbamates (subject to hydrolysis) is 1. The van der Waals surface area contributed by atoms with Crippen molar-refractivity contribution in [2.24, 2.45) is 5.73 Å². The fourth-order valence-electron chi connectivity index (χ4n) is 3.33. The van der Waals surface area contributed by atoms with Gasteiger partial charge in [0.25, 0.3) is 0 Å². The van der Waals surface area contributed by atoms with E-state index in [0.29, 0.717) is 50.3 Å². The van der Waals surface area contributed by atoms with Gasteiger partial charge in [0.15, 0.2) is 5.96 Å². The summed E-state index contributed by atoms with van der Waals surface area (Å²) in [6.07, 6.45) is 4.92. The van der Waals surface area contributed by atoms with Gasteiger partial charge in [-0.25, -0.2) is 19.2 Å². The third kappa shape index (κ3) is 6.35. The van der Waals surface area contributed by atoms with Gasteiger partial charge >= 0.3 is 6.09 Å². The number of piperidine rings is 1. The lowest BCUT2D eigenvalue weighted by Gasteiger charge is -2.35. The Balaban J connectivity index is 1.55. The van der Waals surface area contributed by atoms with Gasteiger partial charge in [-0.3, -0.25) is 10.7 Å². The number of anilines is 1. The molecule has 0 atom stereocenters. The van der Waals surface area contributed by atoms with Crippen LogP contribution in [0.4, 0.5) is 15.1 Å². The molecule has 1 fully saturated rings. The van der Waals surface area contributed by atoms with Crippen LogP contribution < -0.4 is 16.0 Å². The molecule has 31 heavy (non-hydrogen) atoms. The Kier molecular flexibility index (Phi) is 7.01. The van der Waals surface area contributed by atoms with Gasteiger partial charge in [0, 0.05) is 31.0 Å². The van der Waals surface area contributed by atoms with E-state index in [9.17, 15) is 14.3 Å². The van der Waals surface area contributed by atoms with Crippen molar-refractivity contribution in [3.63, 3.8) is 0 Å². The maximum Gasteiger partial charge on any atom is 0.414 e. The van der Waals surface area contributed by atoms with Crippen LogP contribution in [0.5, 0.6) is 0 Å². The minimum atomic E-state index is -0.910. The predicted octanol–water partition coefficient (Wildman–Crippen LogP) is 1.87. The number of benzene rings is 1. The number of carbonyl (C=O) groups excluding carboxylic acids is 1. The number of amides is 1. The largest absolute Gasteiger partial charge is 0.444 e. The van der Waals surface area contributed by atoms with Crippen molar-refractivity contribution in [1.82, 2.24) is 15.3 Å². The van der Waals surface area contributed by atoms with Gasteiger partial charge in [-0.1, -0.05) is 18.2 Å². The molecule has 1 aromatic carbocycles. The minimum absolute atomic E-state index is 0.240. The average Bonchev–Trinajstić information content (AvgIpc) is 2.72. The molecule has 1 aliphatic rings. The second kappa shape index (κ2) is 9.69. The summed E-state index contributed by atoms with van der Waals surface area (Å²) in [4.78, 5) is 22.3. The first-order chi connectivity index (χ1) is 14.7. The van der Waals surface area contributed by atoms with Crippen molar-refractivity contribution in [1.29, 1.82) is 5.41 Å². The molecule has 0 bridgehead atoms. The third-order valence-corrected chi connectivity index (χ3v) is 5.25. The number of carbonyl (C=O) groups is 1. The zero-order chi connectivity index (χ0) is 22.4. The topological polar surface area (TPSA) is 137 Å². The molecule has 0 radical (unpaired) electrons. The average molecular weight is 430 g/mol. The molecule has 0 unspecified atom stereocenters. The number of aryl methyl sites for hydroxylation is 2. The smallest absolute Gasteiger partial charge is 0.414 e. The number of rotatable bonds is 6. The van der Waals surface area contributed by atoms with E-state index in [1.54, 1.807) is 24.5 Å². The monoisotopic (exact) mass is 430 g/mol. The number of hydrogen-bond acceptors (Lipinski definition) is 7. The van der Waals surface area contributed by atoms with Crippen LogP contribution in [0.25, 0.3) is 0 Å². The van der Waals surface area contributed by atoms with Crippen LogP contribution in [0, 0.1) is 11.2 Å². The van der Waals surface area contributed by atoms with Gasteiger partial charge in [0.05, 0.1) is 5.60 Å². The van der Waals surface area contributed by atoms with E-state index < -0.39 is 23.5 Å². The summed E-state index contributed by atoms with van der Waals surface area (Å²) in [5.74, 6) is -0.343. The highest BCUT2D eigenvalue weighted by atomic mass is 19.1. The Morgan fingerprint density at radius 3 is 2.58 bits per heavy atom. The van der Waals surface area contributed by atoms with Crippen LogP contribution in [-0.4, -0.2) is 45.8 Å². The Bertz CT molecular complexity index is 925. The number of ether oxygens (including phenoxy) is 1. The van der Waals surface area contributed by atoms with E-state index in [1.807, 2.05) is 17.1 Å². The zero-order valence-corrected chi connectivity index (χ0v) is 17.4. The fourth-order valence-corrected chi connectivity index (χ4v) is 3.33. The Morgan fingerprint density at radius 1 is 1.29 bits per heavy atom. The number of hydrogen-bond donors (Lipinski definition) is 4. The normalized spacial score (nSPS) is 15.4. The van der Waals surface area contributed by atoms with Gasteiger partial charge in [0.1, 0.15) is 12.4 Å². The molecule has 1 amide bonds. The summed E-state index contributed by atoms with van der Waals surface area (Å²) in [7, 11) is 0.